The highest BCUT2D eigenvalue weighted by atomic mass is 16.6. The molecule has 0 radical (unpaired) electrons. The predicted octanol–water partition coefficient (Wildman–Crippen LogP) is 8.77. The second kappa shape index (κ2) is 21.5. The van der Waals surface area contributed by atoms with E-state index in [0.29, 0.717) is 11.5 Å². The zero-order valence-corrected chi connectivity index (χ0v) is 35.5. The fourth-order valence-corrected chi connectivity index (χ4v) is 7.36. The molecule has 2 atom stereocenters. The second-order valence-electron chi connectivity index (χ2n) is 15.3. The summed E-state index contributed by atoms with van der Waals surface area (Å²) in [5.41, 5.74) is 4.59. The summed E-state index contributed by atoms with van der Waals surface area (Å²) >= 11 is 0. The molecule has 0 saturated carbocycles. The van der Waals surface area contributed by atoms with E-state index in [1.807, 2.05) is 66.7 Å². The minimum Gasteiger partial charge on any atom is -0.491 e. The number of fused-ring (bicyclic) bond motifs is 2. The summed E-state index contributed by atoms with van der Waals surface area (Å²) < 4.78 is 35.0. The van der Waals surface area contributed by atoms with E-state index in [1.165, 1.54) is 0 Å². The standard InChI is InChI=1S/C52H54O10/c1-35(2)50(55)61-33-42(53)31-57-27-29-59-46-25-21-39-15-9-11-17-44(39)48(46)52(5,41-23-19-38(20-24-41)37-13-7-6-8-14-37)49-45-18-12-10-16-40(45)22-26-47(49)60-30-28-58-32-43(54)34-62-51(56)36(3)4/h6-26,42-43,53-54H,1,3,27-34H2,2,4-5H3. The fourth-order valence-electron chi connectivity index (χ4n) is 7.36. The smallest absolute Gasteiger partial charge is 0.333 e. The Bertz CT molecular complexity index is 2350. The van der Waals surface area contributed by atoms with Gasteiger partial charge in [-0.1, -0.05) is 128 Å². The van der Waals surface area contributed by atoms with E-state index < -0.39 is 29.6 Å². The monoisotopic (exact) mass is 838 g/mol. The van der Waals surface area contributed by atoms with E-state index >= 15 is 0 Å². The molecule has 0 amide bonds. The molecule has 10 nitrogen and oxygen atoms in total. The number of rotatable bonds is 22. The van der Waals surface area contributed by atoms with Crippen molar-refractivity contribution in [1.82, 2.24) is 0 Å². The third-order valence-electron chi connectivity index (χ3n) is 10.5. The Morgan fingerprint density at radius 3 is 1.40 bits per heavy atom. The van der Waals surface area contributed by atoms with Crippen molar-refractivity contribution in [3.63, 3.8) is 0 Å². The molecule has 0 aromatic heterocycles. The Morgan fingerprint density at radius 1 is 0.532 bits per heavy atom. The highest BCUT2D eigenvalue weighted by Crippen LogP contribution is 2.51. The van der Waals surface area contributed by atoms with Crippen molar-refractivity contribution in [1.29, 1.82) is 0 Å². The van der Waals surface area contributed by atoms with Crippen LogP contribution in [0.1, 0.15) is 37.5 Å². The second-order valence-corrected chi connectivity index (χ2v) is 15.3. The van der Waals surface area contributed by atoms with Gasteiger partial charge < -0.3 is 38.6 Å². The summed E-state index contributed by atoms with van der Waals surface area (Å²) in [6, 6.07) is 43.3. The van der Waals surface area contributed by atoms with E-state index in [4.69, 9.17) is 28.4 Å². The molecule has 0 spiro atoms. The van der Waals surface area contributed by atoms with E-state index in [0.717, 1.165) is 49.4 Å². The van der Waals surface area contributed by atoms with Crippen LogP contribution in [0.25, 0.3) is 32.7 Å². The highest BCUT2D eigenvalue weighted by molar-refractivity contribution is 5.95. The van der Waals surface area contributed by atoms with Gasteiger partial charge in [-0.15, -0.1) is 0 Å². The van der Waals surface area contributed by atoms with Crippen molar-refractivity contribution < 1.29 is 48.2 Å². The van der Waals surface area contributed by atoms with Crippen LogP contribution in [0, 0.1) is 0 Å². The van der Waals surface area contributed by atoms with Gasteiger partial charge in [-0.05, 0) is 71.1 Å². The number of esters is 2. The molecule has 0 saturated heterocycles. The molecule has 10 heteroatoms. The average Bonchev–Trinajstić information content (AvgIpc) is 3.29. The lowest BCUT2D eigenvalue weighted by Gasteiger charge is -2.36. The first-order chi connectivity index (χ1) is 30.0. The fraction of sp³-hybridized carbons (Fsp3) is 0.269. The van der Waals surface area contributed by atoms with Crippen LogP contribution in [0.4, 0.5) is 0 Å². The Morgan fingerprint density at radius 2 is 0.952 bits per heavy atom. The van der Waals surface area contributed by atoms with Gasteiger partial charge in [-0.2, -0.15) is 0 Å². The number of aliphatic hydroxyl groups excluding tert-OH is 2. The normalized spacial score (nSPS) is 13.2. The molecule has 0 bridgehead atoms. The third-order valence-corrected chi connectivity index (χ3v) is 10.5. The van der Waals surface area contributed by atoms with Gasteiger partial charge in [0.25, 0.3) is 0 Å². The van der Waals surface area contributed by atoms with Crippen LogP contribution in [0.3, 0.4) is 0 Å². The van der Waals surface area contributed by atoms with Gasteiger partial charge >= 0.3 is 11.9 Å². The quantitative estimate of drug-likeness (QED) is 0.0296. The van der Waals surface area contributed by atoms with Crippen LogP contribution < -0.4 is 9.47 Å². The van der Waals surface area contributed by atoms with E-state index in [-0.39, 0.29) is 64.0 Å². The first kappa shape index (κ1) is 45.2. The molecule has 6 aromatic rings. The first-order valence-electron chi connectivity index (χ1n) is 20.6. The topological polar surface area (TPSA) is 130 Å². The molecule has 6 rings (SSSR count). The van der Waals surface area contributed by atoms with Crippen LogP contribution in [0.2, 0.25) is 0 Å². The Hall–Kier alpha value is -6.30. The minimum absolute atomic E-state index is 0.0509. The number of hydrogen-bond acceptors (Lipinski definition) is 10. The molecule has 0 fully saturated rings. The summed E-state index contributed by atoms with van der Waals surface area (Å²) in [6.07, 6.45) is -2.02. The maximum Gasteiger partial charge on any atom is 0.333 e. The third kappa shape index (κ3) is 11.1. The number of carbonyl (C=O) groups excluding carboxylic acids is 2. The van der Waals surface area contributed by atoms with E-state index in [2.05, 4.69) is 80.7 Å². The zero-order valence-electron chi connectivity index (χ0n) is 35.5. The molecule has 0 heterocycles. The molecule has 2 N–H and O–H groups in total. The largest absolute Gasteiger partial charge is 0.491 e. The lowest BCUT2D eigenvalue weighted by molar-refractivity contribution is -0.143. The van der Waals surface area contributed by atoms with Gasteiger partial charge in [0, 0.05) is 22.3 Å². The Kier molecular flexibility index (Phi) is 15.7. The minimum atomic E-state index is -1.01. The lowest BCUT2D eigenvalue weighted by atomic mass is 9.67. The lowest BCUT2D eigenvalue weighted by Crippen LogP contribution is -2.29. The van der Waals surface area contributed by atoms with Crippen molar-refractivity contribution in [2.75, 3.05) is 52.9 Å². The van der Waals surface area contributed by atoms with Crippen LogP contribution in [-0.2, 0) is 34.0 Å². The van der Waals surface area contributed by atoms with Crippen molar-refractivity contribution in [2.45, 2.75) is 38.4 Å². The number of hydrogen-bond donors (Lipinski definition) is 2. The first-order valence-corrected chi connectivity index (χ1v) is 20.6. The van der Waals surface area contributed by atoms with Crippen molar-refractivity contribution >= 4 is 33.5 Å². The summed E-state index contributed by atoms with van der Waals surface area (Å²) in [6.45, 7) is 12.6. The van der Waals surface area contributed by atoms with Gasteiger partial charge in [-0.25, -0.2) is 9.59 Å². The number of aliphatic hydroxyl groups is 2. The van der Waals surface area contributed by atoms with Crippen LogP contribution in [0.15, 0.2) is 152 Å². The SMILES string of the molecule is C=C(C)C(=O)OCC(O)COCCOc1ccc2ccccc2c1C(C)(c1ccc(-c2ccccc2)cc1)c1c(OCCOCC(O)COC(=O)C(=C)C)ccc2ccccc12. The van der Waals surface area contributed by atoms with E-state index in [1.54, 1.807) is 13.8 Å². The Labute approximate surface area is 362 Å². The molecule has 0 aliphatic carbocycles. The molecule has 322 valence electrons. The molecule has 62 heavy (non-hydrogen) atoms. The summed E-state index contributed by atoms with van der Waals surface area (Å²) in [5, 5.41) is 24.8. The number of ether oxygens (including phenoxy) is 6. The van der Waals surface area contributed by atoms with Crippen molar-refractivity contribution in [3.8, 4) is 22.6 Å². The molecule has 6 aromatic carbocycles. The molecule has 0 aliphatic heterocycles. The van der Waals surface area contributed by atoms with Gasteiger partial charge in [0.1, 0.15) is 50.1 Å². The molecular weight excluding hydrogens is 785 g/mol. The number of benzene rings is 6. The van der Waals surface area contributed by atoms with Crippen molar-refractivity contribution in [3.05, 3.63) is 168 Å². The average molecular weight is 839 g/mol. The molecule has 2 unspecified atom stereocenters. The number of carbonyl (C=O) groups is 2. The highest BCUT2D eigenvalue weighted by Gasteiger charge is 2.39. The van der Waals surface area contributed by atoms with Crippen LogP contribution in [-0.4, -0.2) is 87.2 Å². The van der Waals surface area contributed by atoms with Gasteiger partial charge in [0.15, 0.2) is 0 Å². The Balaban J connectivity index is 1.37. The van der Waals surface area contributed by atoms with Crippen LogP contribution in [0.5, 0.6) is 11.5 Å². The zero-order chi connectivity index (χ0) is 44.1. The molecular formula is C52H54O10. The summed E-state index contributed by atoms with van der Waals surface area (Å²) in [7, 11) is 0. The molecule has 0 aliphatic rings. The predicted molar refractivity (Wildman–Crippen MR) is 242 cm³/mol. The van der Waals surface area contributed by atoms with Gasteiger partial charge in [0.05, 0.1) is 31.8 Å². The van der Waals surface area contributed by atoms with Gasteiger partial charge in [0.2, 0.25) is 0 Å². The maximum atomic E-state index is 11.8. The maximum absolute atomic E-state index is 11.8. The van der Waals surface area contributed by atoms with Gasteiger partial charge in [-0.3, -0.25) is 0 Å². The summed E-state index contributed by atoms with van der Waals surface area (Å²) in [5.74, 6) is 0.137. The van der Waals surface area contributed by atoms with E-state index in [9.17, 15) is 19.8 Å². The van der Waals surface area contributed by atoms with Crippen LogP contribution >= 0.6 is 0 Å². The summed E-state index contributed by atoms with van der Waals surface area (Å²) in [4.78, 5) is 23.6. The van der Waals surface area contributed by atoms with Crippen molar-refractivity contribution in [2.24, 2.45) is 0 Å².